The Kier molecular flexibility index (Phi) is 7.77. The first-order valence-electron chi connectivity index (χ1n) is 13.9. The molecule has 10 heteroatoms. The number of carbonyl (C=O) groups is 2. The van der Waals surface area contributed by atoms with Crippen LogP contribution < -0.4 is 16.0 Å². The van der Waals surface area contributed by atoms with Crippen molar-refractivity contribution < 1.29 is 19.4 Å². The van der Waals surface area contributed by atoms with E-state index in [1.807, 2.05) is 26.8 Å². The first kappa shape index (κ1) is 27.3. The molecule has 1 atom stereocenters. The quantitative estimate of drug-likeness (QED) is 0.406. The highest BCUT2D eigenvalue weighted by molar-refractivity contribution is 5.92. The molecule has 1 spiro atoms. The number of alkyl carbamates (subject to hydrolysis) is 1. The third-order valence-corrected chi connectivity index (χ3v) is 7.87. The van der Waals surface area contributed by atoms with Gasteiger partial charge in [0, 0.05) is 44.3 Å². The van der Waals surface area contributed by atoms with Gasteiger partial charge in [-0.05, 0) is 69.4 Å². The van der Waals surface area contributed by atoms with Crippen molar-refractivity contribution in [1.29, 1.82) is 0 Å². The van der Waals surface area contributed by atoms with Gasteiger partial charge in [0.15, 0.2) is 0 Å². The molecule has 0 radical (unpaired) electrons. The third kappa shape index (κ3) is 7.05. The number of nitrogens with zero attached hydrogens (tertiary/aromatic N) is 3. The zero-order chi connectivity index (χ0) is 27.6. The first-order chi connectivity index (χ1) is 18.6. The summed E-state index contributed by atoms with van der Waals surface area (Å²) in [4.78, 5) is 35.3. The minimum atomic E-state index is -0.666. The van der Waals surface area contributed by atoms with E-state index < -0.39 is 11.7 Å². The van der Waals surface area contributed by atoms with Crippen LogP contribution in [0.1, 0.15) is 68.1 Å². The predicted molar refractivity (Wildman–Crippen MR) is 147 cm³/mol. The molecule has 2 aliphatic carbocycles. The Morgan fingerprint density at radius 1 is 1.13 bits per heavy atom. The highest BCUT2D eigenvalue weighted by Crippen LogP contribution is 2.56. The van der Waals surface area contributed by atoms with Gasteiger partial charge in [0.2, 0.25) is 0 Å². The van der Waals surface area contributed by atoms with Gasteiger partial charge in [-0.3, -0.25) is 9.69 Å². The van der Waals surface area contributed by atoms with Crippen molar-refractivity contribution in [2.24, 2.45) is 5.41 Å². The van der Waals surface area contributed by atoms with Gasteiger partial charge in [-0.1, -0.05) is 24.3 Å². The maximum atomic E-state index is 12.7. The highest BCUT2D eigenvalue weighted by Gasteiger charge is 2.53. The van der Waals surface area contributed by atoms with Gasteiger partial charge in [0.1, 0.15) is 23.4 Å². The fourth-order valence-corrected chi connectivity index (χ4v) is 6.13. The minimum absolute atomic E-state index is 0.160. The second kappa shape index (κ2) is 11.1. The number of aliphatic hydroxyl groups is 1. The van der Waals surface area contributed by atoms with Crippen LogP contribution in [0.3, 0.4) is 0 Å². The summed E-state index contributed by atoms with van der Waals surface area (Å²) in [6, 6.07) is 10.5. The number of β-amino-alcohol motifs (C(OH)–C–C–N with tert-alkyl or cyclic N) is 1. The number of benzene rings is 1. The standard InChI is InChI=1S/C29H40N6O4/c1-28(2,3)39-27(38)34-22-13-29(14-22)11-21(12-29)33-25-10-24(31-18-32-25)26(37)30-15-23(36)17-35-9-8-19-6-4-5-7-20(19)16-35/h4-7,10,18,21-23,36H,8-9,11-17H2,1-3H3,(H,30,37)(H,34,38)(H,31,32,33). The lowest BCUT2D eigenvalue weighted by atomic mass is 9.52. The van der Waals surface area contributed by atoms with Gasteiger partial charge in [0.05, 0.1) is 6.10 Å². The van der Waals surface area contributed by atoms with Crippen molar-refractivity contribution in [3.8, 4) is 0 Å². The maximum absolute atomic E-state index is 12.7. The molecule has 3 aliphatic rings. The molecular weight excluding hydrogens is 496 g/mol. The Hall–Kier alpha value is -3.24. The lowest BCUT2D eigenvalue weighted by Crippen LogP contribution is -2.59. The molecule has 2 saturated carbocycles. The third-order valence-electron chi connectivity index (χ3n) is 7.87. The number of anilines is 1. The van der Waals surface area contributed by atoms with Crippen molar-refractivity contribution in [3.05, 3.63) is 53.5 Å². The van der Waals surface area contributed by atoms with Crippen LogP contribution in [0.2, 0.25) is 0 Å². The Balaban J connectivity index is 1.02. The largest absolute Gasteiger partial charge is 0.444 e. The van der Waals surface area contributed by atoms with Crippen LogP contribution >= 0.6 is 0 Å². The van der Waals surface area contributed by atoms with Crippen LogP contribution in [-0.4, -0.2) is 75.4 Å². The number of nitrogens with one attached hydrogen (secondary N) is 3. The van der Waals surface area contributed by atoms with Crippen molar-refractivity contribution in [3.63, 3.8) is 0 Å². The fourth-order valence-electron chi connectivity index (χ4n) is 6.13. The summed E-state index contributed by atoms with van der Waals surface area (Å²) >= 11 is 0. The first-order valence-corrected chi connectivity index (χ1v) is 13.9. The van der Waals surface area contributed by atoms with Crippen LogP contribution in [0, 0.1) is 5.41 Å². The average Bonchev–Trinajstić information content (AvgIpc) is 2.83. The number of aromatic nitrogens is 2. The number of aliphatic hydroxyl groups excluding tert-OH is 1. The Morgan fingerprint density at radius 3 is 2.59 bits per heavy atom. The van der Waals surface area contributed by atoms with Crippen LogP contribution in [0.15, 0.2) is 36.7 Å². The molecule has 1 unspecified atom stereocenters. The zero-order valence-electron chi connectivity index (χ0n) is 23.1. The summed E-state index contributed by atoms with van der Waals surface area (Å²) in [7, 11) is 0. The van der Waals surface area contributed by atoms with E-state index in [1.165, 1.54) is 17.5 Å². The Labute approximate surface area is 229 Å². The van der Waals surface area contributed by atoms with E-state index in [4.69, 9.17) is 4.74 Å². The van der Waals surface area contributed by atoms with Gasteiger partial charge in [0.25, 0.3) is 5.91 Å². The van der Waals surface area contributed by atoms with E-state index in [0.29, 0.717) is 12.4 Å². The molecule has 1 aliphatic heterocycles. The summed E-state index contributed by atoms with van der Waals surface area (Å²) in [5, 5.41) is 19.7. The van der Waals surface area contributed by atoms with Crippen molar-refractivity contribution in [1.82, 2.24) is 25.5 Å². The summed E-state index contributed by atoms with van der Waals surface area (Å²) in [5.41, 5.74) is 2.70. The van der Waals surface area contributed by atoms with Crippen molar-refractivity contribution >= 4 is 17.8 Å². The minimum Gasteiger partial charge on any atom is -0.444 e. The van der Waals surface area contributed by atoms with Gasteiger partial charge < -0.3 is 25.8 Å². The lowest BCUT2D eigenvalue weighted by molar-refractivity contribution is -0.0179. The number of hydrogen-bond acceptors (Lipinski definition) is 8. The number of carbonyl (C=O) groups excluding carboxylic acids is 2. The van der Waals surface area contributed by atoms with E-state index in [-0.39, 0.29) is 41.7 Å². The van der Waals surface area contributed by atoms with Crippen LogP contribution in [0.4, 0.5) is 10.6 Å². The normalized spacial score (nSPS) is 25.0. The molecule has 2 heterocycles. The van der Waals surface area contributed by atoms with Gasteiger partial charge in [-0.15, -0.1) is 0 Å². The second-order valence-corrected chi connectivity index (χ2v) is 12.4. The van der Waals surface area contributed by atoms with Crippen molar-refractivity contribution in [2.75, 3.05) is 25.0 Å². The van der Waals surface area contributed by atoms with Gasteiger partial charge >= 0.3 is 6.09 Å². The van der Waals surface area contributed by atoms with Crippen LogP contribution in [0.5, 0.6) is 0 Å². The molecule has 4 N–H and O–H groups in total. The molecule has 1 aromatic heterocycles. The molecular formula is C29H40N6O4. The molecule has 39 heavy (non-hydrogen) atoms. The van der Waals surface area contributed by atoms with Gasteiger partial charge in [-0.25, -0.2) is 14.8 Å². The van der Waals surface area contributed by atoms with Crippen molar-refractivity contribution in [2.45, 2.75) is 83.2 Å². The molecule has 0 bridgehead atoms. The van der Waals surface area contributed by atoms with E-state index in [2.05, 4.69) is 49.0 Å². The van der Waals surface area contributed by atoms with E-state index in [9.17, 15) is 14.7 Å². The fraction of sp³-hybridized carbons (Fsp3) is 0.586. The summed E-state index contributed by atoms with van der Waals surface area (Å²) < 4.78 is 5.35. The molecule has 1 aromatic carbocycles. The molecule has 2 fully saturated rings. The Morgan fingerprint density at radius 2 is 1.85 bits per heavy atom. The van der Waals surface area contributed by atoms with E-state index >= 15 is 0 Å². The van der Waals surface area contributed by atoms with Gasteiger partial charge in [-0.2, -0.15) is 0 Å². The molecule has 10 nitrogen and oxygen atoms in total. The number of rotatable bonds is 8. The number of hydrogen-bond donors (Lipinski definition) is 4. The molecule has 5 rings (SSSR count). The number of fused-ring (bicyclic) bond motifs is 1. The average molecular weight is 537 g/mol. The zero-order valence-corrected chi connectivity index (χ0v) is 23.1. The van der Waals surface area contributed by atoms with Crippen LogP contribution in [-0.2, 0) is 17.7 Å². The maximum Gasteiger partial charge on any atom is 0.407 e. The summed E-state index contributed by atoms with van der Waals surface area (Å²) in [5.74, 6) is 0.286. The molecule has 2 aromatic rings. The monoisotopic (exact) mass is 536 g/mol. The van der Waals surface area contributed by atoms with E-state index in [0.717, 1.165) is 45.2 Å². The predicted octanol–water partition coefficient (Wildman–Crippen LogP) is 2.87. The number of amides is 2. The smallest absolute Gasteiger partial charge is 0.407 e. The SMILES string of the molecule is CC(C)(C)OC(=O)NC1CC2(C1)CC(Nc1cc(C(=O)NCC(O)CN3CCc4ccccc4C3)ncn1)C2. The highest BCUT2D eigenvalue weighted by atomic mass is 16.6. The summed E-state index contributed by atoms with van der Waals surface area (Å²) in [6.07, 6.45) is 5.24. The molecule has 210 valence electrons. The second-order valence-electron chi connectivity index (χ2n) is 12.4. The Bertz CT molecular complexity index is 1180. The lowest BCUT2D eigenvalue weighted by Gasteiger charge is -2.57. The molecule has 2 amide bonds. The molecule has 0 saturated heterocycles. The number of ether oxygens (including phenoxy) is 1. The summed E-state index contributed by atoms with van der Waals surface area (Å²) in [6.45, 7) is 7.95. The topological polar surface area (TPSA) is 129 Å². The van der Waals surface area contributed by atoms with Crippen LogP contribution in [0.25, 0.3) is 0 Å². The van der Waals surface area contributed by atoms with E-state index in [1.54, 1.807) is 6.07 Å².